The zero-order valence-electron chi connectivity index (χ0n) is 11.9. The molecule has 1 unspecified atom stereocenters. The van der Waals surface area contributed by atoms with Crippen molar-refractivity contribution >= 4 is 27.7 Å². The van der Waals surface area contributed by atoms with Crippen LogP contribution in [-0.4, -0.2) is 17.3 Å². The molecule has 0 radical (unpaired) electrons. The summed E-state index contributed by atoms with van der Waals surface area (Å²) in [5.41, 5.74) is -0.304. The van der Waals surface area contributed by atoms with Crippen LogP contribution in [0.1, 0.15) is 39.0 Å². The number of thioether (sulfide) groups is 1. The van der Waals surface area contributed by atoms with Crippen molar-refractivity contribution in [1.82, 2.24) is 5.32 Å². The van der Waals surface area contributed by atoms with Crippen LogP contribution in [0.15, 0.2) is 33.6 Å². The first-order valence-corrected chi connectivity index (χ1v) is 9.02. The lowest BCUT2D eigenvalue weighted by Crippen LogP contribution is -2.44. The van der Waals surface area contributed by atoms with E-state index in [4.69, 9.17) is 0 Å². The maximum Gasteiger partial charge on any atom is 0.106 e. The molecule has 0 saturated heterocycles. The van der Waals surface area contributed by atoms with Gasteiger partial charge in [-0.25, -0.2) is 0 Å². The highest BCUT2D eigenvalue weighted by atomic mass is 79.9. The SMILES string of the molecule is CCC(C#N)(CCCSc1ccc(Br)cc1)NC1CC1. The molecule has 2 nitrogen and oxygen atoms in total. The highest BCUT2D eigenvalue weighted by Gasteiger charge is 2.34. The van der Waals surface area contributed by atoms with Crippen molar-refractivity contribution in [2.45, 2.75) is 55.5 Å². The second kappa shape index (κ2) is 7.49. The molecule has 0 amide bonds. The zero-order valence-corrected chi connectivity index (χ0v) is 14.3. The number of benzene rings is 1. The van der Waals surface area contributed by atoms with Gasteiger partial charge >= 0.3 is 0 Å². The van der Waals surface area contributed by atoms with Gasteiger partial charge in [0.2, 0.25) is 0 Å². The van der Waals surface area contributed by atoms with Gasteiger partial charge in [0.25, 0.3) is 0 Å². The number of rotatable bonds is 8. The zero-order chi connectivity index (χ0) is 14.4. The minimum absolute atomic E-state index is 0.304. The molecule has 1 atom stereocenters. The summed E-state index contributed by atoms with van der Waals surface area (Å²) in [6.07, 6.45) is 5.37. The minimum Gasteiger partial charge on any atom is -0.297 e. The van der Waals surface area contributed by atoms with E-state index in [0.29, 0.717) is 6.04 Å². The molecule has 1 aromatic rings. The maximum absolute atomic E-state index is 9.48. The van der Waals surface area contributed by atoms with Crippen LogP contribution in [0.3, 0.4) is 0 Å². The second-order valence-electron chi connectivity index (χ2n) is 5.37. The fourth-order valence-corrected chi connectivity index (χ4v) is 3.35. The Balaban J connectivity index is 1.75. The van der Waals surface area contributed by atoms with Crippen molar-refractivity contribution in [1.29, 1.82) is 5.26 Å². The Kier molecular flexibility index (Phi) is 5.95. The van der Waals surface area contributed by atoms with Gasteiger partial charge < -0.3 is 0 Å². The Hall–Kier alpha value is -0.500. The van der Waals surface area contributed by atoms with Crippen LogP contribution in [0.4, 0.5) is 0 Å². The van der Waals surface area contributed by atoms with E-state index in [9.17, 15) is 5.26 Å². The summed E-state index contributed by atoms with van der Waals surface area (Å²) in [6, 6.07) is 11.5. The third-order valence-corrected chi connectivity index (χ3v) is 5.33. The third kappa shape index (κ3) is 4.80. The lowest BCUT2D eigenvalue weighted by molar-refractivity contribution is 0.367. The van der Waals surface area contributed by atoms with Crippen LogP contribution < -0.4 is 5.32 Å². The molecular formula is C16H21BrN2S. The number of halogens is 1. The van der Waals surface area contributed by atoms with Gasteiger partial charge in [-0.3, -0.25) is 5.32 Å². The highest BCUT2D eigenvalue weighted by molar-refractivity contribution is 9.10. The molecule has 1 saturated carbocycles. The monoisotopic (exact) mass is 352 g/mol. The van der Waals surface area contributed by atoms with Gasteiger partial charge in [-0.2, -0.15) is 5.26 Å². The predicted molar refractivity (Wildman–Crippen MR) is 88.9 cm³/mol. The van der Waals surface area contributed by atoms with Crippen LogP contribution in [0.2, 0.25) is 0 Å². The largest absolute Gasteiger partial charge is 0.297 e. The molecule has 1 N–H and O–H groups in total. The van der Waals surface area contributed by atoms with E-state index in [1.54, 1.807) is 0 Å². The molecule has 1 aliphatic rings. The van der Waals surface area contributed by atoms with Crippen molar-refractivity contribution < 1.29 is 0 Å². The van der Waals surface area contributed by atoms with Crippen LogP contribution in [0, 0.1) is 11.3 Å². The van der Waals surface area contributed by atoms with Gasteiger partial charge in [0, 0.05) is 15.4 Å². The van der Waals surface area contributed by atoms with Crippen molar-refractivity contribution in [2.75, 3.05) is 5.75 Å². The summed E-state index contributed by atoms with van der Waals surface area (Å²) < 4.78 is 1.12. The fourth-order valence-electron chi connectivity index (χ4n) is 2.23. The molecule has 0 spiro atoms. The Morgan fingerprint density at radius 3 is 2.65 bits per heavy atom. The van der Waals surface area contributed by atoms with Crippen LogP contribution in [0.25, 0.3) is 0 Å². The van der Waals surface area contributed by atoms with Crippen molar-refractivity contribution in [2.24, 2.45) is 0 Å². The highest BCUT2D eigenvalue weighted by Crippen LogP contribution is 2.28. The summed E-state index contributed by atoms with van der Waals surface area (Å²) in [5, 5.41) is 13.0. The molecule has 20 heavy (non-hydrogen) atoms. The average Bonchev–Trinajstić information content (AvgIpc) is 3.28. The van der Waals surface area contributed by atoms with Gasteiger partial charge in [0.05, 0.1) is 6.07 Å². The summed E-state index contributed by atoms with van der Waals surface area (Å²) in [7, 11) is 0. The average molecular weight is 353 g/mol. The number of nitrogens with one attached hydrogen (secondary N) is 1. The van der Waals surface area contributed by atoms with Gasteiger partial charge in [-0.15, -0.1) is 11.8 Å². The van der Waals surface area contributed by atoms with Gasteiger partial charge in [0.1, 0.15) is 5.54 Å². The van der Waals surface area contributed by atoms with E-state index in [2.05, 4.69) is 58.5 Å². The number of hydrogen-bond donors (Lipinski definition) is 1. The predicted octanol–water partition coefficient (Wildman–Crippen LogP) is 4.75. The summed E-state index contributed by atoms with van der Waals surface area (Å²) in [4.78, 5) is 1.29. The Morgan fingerprint density at radius 1 is 1.40 bits per heavy atom. The lowest BCUT2D eigenvalue weighted by atomic mass is 9.92. The Labute approximate surface area is 134 Å². The number of nitriles is 1. The molecule has 0 aromatic heterocycles. The fraction of sp³-hybridized carbons (Fsp3) is 0.562. The first kappa shape index (κ1) is 15.9. The van der Waals surface area contributed by atoms with E-state index >= 15 is 0 Å². The molecule has 1 aliphatic carbocycles. The summed E-state index contributed by atoms with van der Waals surface area (Å²) in [5.74, 6) is 1.07. The molecule has 1 fully saturated rings. The second-order valence-corrected chi connectivity index (χ2v) is 7.46. The first-order chi connectivity index (χ1) is 9.67. The summed E-state index contributed by atoms with van der Waals surface area (Å²) >= 11 is 5.31. The van der Waals surface area contributed by atoms with Crippen molar-refractivity contribution in [3.63, 3.8) is 0 Å². The molecule has 4 heteroatoms. The molecule has 108 valence electrons. The molecule has 0 heterocycles. The topological polar surface area (TPSA) is 35.8 Å². The number of nitrogens with zero attached hydrogens (tertiary/aromatic N) is 1. The molecule has 0 bridgehead atoms. The molecular weight excluding hydrogens is 332 g/mol. The van der Waals surface area contributed by atoms with Crippen LogP contribution in [0.5, 0.6) is 0 Å². The standard InChI is InChI=1S/C16H21BrN2S/c1-2-16(12-18,19-14-6-7-14)10-3-11-20-15-8-4-13(17)5-9-15/h4-5,8-9,14,19H,2-3,6-7,10-11H2,1H3. The van der Waals surface area contributed by atoms with Gasteiger partial charge in [-0.1, -0.05) is 22.9 Å². The van der Waals surface area contributed by atoms with Crippen molar-refractivity contribution in [3.05, 3.63) is 28.7 Å². The van der Waals surface area contributed by atoms with E-state index in [-0.39, 0.29) is 5.54 Å². The minimum atomic E-state index is -0.304. The first-order valence-electron chi connectivity index (χ1n) is 7.25. The molecule has 0 aliphatic heterocycles. The third-order valence-electron chi connectivity index (χ3n) is 3.71. The molecule has 1 aromatic carbocycles. The lowest BCUT2D eigenvalue weighted by Gasteiger charge is -2.26. The summed E-state index contributed by atoms with van der Waals surface area (Å²) in [6.45, 7) is 2.11. The van der Waals surface area contributed by atoms with E-state index in [1.807, 2.05) is 11.8 Å². The van der Waals surface area contributed by atoms with Gasteiger partial charge in [0.15, 0.2) is 0 Å². The Morgan fingerprint density at radius 2 is 2.10 bits per heavy atom. The van der Waals surface area contributed by atoms with E-state index in [0.717, 1.165) is 29.5 Å². The number of hydrogen-bond acceptors (Lipinski definition) is 3. The quantitative estimate of drug-likeness (QED) is 0.541. The Bertz CT molecular complexity index is 464. The van der Waals surface area contributed by atoms with E-state index in [1.165, 1.54) is 17.7 Å². The van der Waals surface area contributed by atoms with Gasteiger partial charge in [-0.05, 0) is 62.1 Å². The normalized spacial score (nSPS) is 17.4. The maximum atomic E-state index is 9.48. The molecule has 2 rings (SSSR count). The van der Waals surface area contributed by atoms with Crippen molar-refractivity contribution in [3.8, 4) is 6.07 Å². The van der Waals surface area contributed by atoms with Crippen LogP contribution >= 0.6 is 27.7 Å². The van der Waals surface area contributed by atoms with E-state index < -0.39 is 0 Å². The van der Waals surface area contributed by atoms with Crippen LogP contribution in [-0.2, 0) is 0 Å². The smallest absolute Gasteiger partial charge is 0.106 e.